The van der Waals surface area contributed by atoms with Gasteiger partial charge in [-0.05, 0) is 19.1 Å². The number of hydrogen-bond acceptors (Lipinski definition) is 3. The topological polar surface area (TPSA) is 75.4 Å². The second kappa shape index (κ2) is 5.27. The maximum Gasteiger partial charge on any atom is 0.254 e. The molecule has 1 fully saturated rings. The molecule has 1 heterocycles. The molecule has 0 spiro atoms. The molecule has 102 valence electrons. The van der Waals surface area contributed by atoms with E-state index in [0.717, 1.165) is 0 Å². The lowest BCUT2D eigenvalue weighted by Crippen LogP contribution is -2.55. The third kappa shape index (κ3) is 2.62. The number of anilines is 1. The number of carbonyl (C=O) groups is 2. The number of rotatable bonds is 1. The third-order valence-electron chi connectivity index (χ3n) is 3.09. The van der Waals surface area contributed by atoms with Gasteiger partial charge in [0.05, 0.1) is 15.7 Å². The average molecular weight is 302 g/mol. The molecule has 2 rings (SSSR count). The number of piperazine rings is 1. The highest BCUT2D eigenvalue weighted by Crippen LogP contribution is 2.29. The Morgan fingerprint density at radius 2 is 2.00 bits per heavy atom. The summed E-state index contributed by atoms with van der Waals surface area (Å²) in [5.74, 6) is -0.460. The van der Waals surface area contributed by atoms with E-state index in [-0.39, 0.29) is 27.5 Å². The second-order valence-electron chi connectivity index (χ2n) is 4.32. The van der Waals surface area contributed by atoms with Crippen molar-refractivity contribution in [1.29, 1.82) is 0 Å². The zero-order valence-electron chi connectivity index (χ0n) is 10.2. The minimum Gasteiger partial charge on any atom is -0.396 e. The van der Waals surface area contributed by atoms with Gasteiger partial charge in [-0.2, -0.15) is 0 Å². The molecule has 3 N–H and O–H groups in total. The van der Waals surface area contributed by atoms with Crippen LogP contribution in [-0.4, -0.2) is 35.8 Å². The minimum atomic E-state index is -0.517. The van der Waals surface area contributed by atoms with Crippen LogP contribution in [0.3, 0.4) is 0 Å². The van der Waals surface area contributed by atoms with Crippen molar-refractivity contribution in [1.82, 2.24) is 10.2 Å². The molecular weight excluding hydrogens is 289 g/mol. The Labute approximate surface area is 120 Å². The summed E-state index contributed by atoms with van der Waals surface area (Å²) in [6, 6.07) is 2.41. The molecular formula is C12H13Cl2N3O2. The van der Waals surface area contributed by atoms with Gasteiger partial charge in [-0.25, -0.2) is 0 Å². The molecule has 2 amide bonds. The predicted molar refractivity (Wildman–Crippen MR) is 74.4 cm³/mol. The fraction of sp³-hybridized carbons (Fsp3) is 0.333. The molecule has 1 aliphatic rings. The number of hydrogen-bond donors (Lipinski definition) is 2. The predicted octanol–water partition coefficient (Wildman–Crippen LogP) is 1.54. The van der Waals surface area contributed by atoms with Gasteiger partial charge < -0.3 is 16.0 Å². The number of carbonyl (C=O) groups excluding carboxylic acids is 2. The Bertz CT molecular complexity index is 525. The van der Waals surface area contributed by atoms with Crippen molar-refractivity contribution in [2.45, 2.75) is 13.0 Å². The van der Waals surface area contributed by atoms with E-state index in [1.54, 1.807) is 6.92 Å². The van der Waals surface area contributed by atoms with Crippen molar-refractivity contribution in [2.75, 3.05) is 18.8 Å². The molecule has 5 nitrogen and oxygen atoms in total. The standard InChI is InChI=1S/C12H13Cl2N3O2/c1-6-11(18)16-2-3-17(6)12(19)7-4-8(13)10(15)9(14)5-7/h4-6H,2-3,15H2,1H3,(H,16,18). The second-order valence-corrected chi connectivity index (χ2v) is 5.13. The van der Waals surface area contributed by atoms with Gasteiger partial charge in [-0.1, -0.05) is 23.2 Å². The normalized spacial score (nSPS) is 19.2. The van der Waals surface area contributed by atoms with Crippen LogP contribution in [0.15, 0.2) is 12.1 Å². The summed E-state index contributed by atoms with van der Waals surface area (Å²) in [6.45, 7) is 2.56. The molecule has 19 heavy (non-hydrogen) atoms. The molecule has 0 bridgehead atoms. The molecule has 1 saturated heterocycles. The van der Waals surface area contributed by atoms with Crippen LogP contribution in [-0.2, 0) is 4.79 Å². The van der Waals surface area contributed by atoms with Crippen LogP contribution in [0, 0.1) is 0 Å². The van der Waals surface area contributed by atoms with Gasteiger partial charge in [-0.3, -0.25) is 9.59 Å². The molecule has 0 radical (unpaired) electrons. The lowest BCUT2D eigenvalue weighted by atomic mass is 10.1. The molecule has 0 aromatic heterocycles. The summed E-state index contributed by atoms with van der Waals surface area (Å²) in [5, 5.41) is 3.15. The summed E-state index contributed by atoms with van der Waals surface area (Å²) in [6.07, 6.45) is 0. The Morgan fingerprint density at radius 3 is 2.58 bits per heavy atom. The summed E-state index contributed by atoms with van der Waals surface area (Å²) < 4.78 is 0. The Hall–Kier alpha value is -1.46. The summed E-state index contributed by atoms with van der Waals surface area (Å²) in [7, 11) is 0. The van der Waals surface area contributed by atoms with Crippen molar-refractivity contribution in [3.63, 3.8) is 0 Å². The first kappa shape index (κ1) is 14.0. The first-order valence-electron chi connectivity index (χ1n) is 5.75. The van der Waals surface area contributed by atoms with E-state index in [4.69, 9.17) is 28.9 Å². The van der Waals surface area contributed by atoms with Gasteiger partial charge in [0.25, 0.3) is 5.91 Å². The lowest BCUT2D eigenvalue weighted by molar-refractivity contribution is -0.127. The van der Waals surface area contributed by atoms with E-state index >= 15 is 0 Å². The fourth-order valence-corrected chi connectivity index (χ4v) is 2.42. The molecule has 7 heteroatoms. The SMILES string of the molecule is CC1C(=O)NCCN1C(=O)c1cc(Cl)c(N)c(Cl)c1. The monoisotopic (exact) mass is 301 g/mol. The van der Waals surface area contributed by atoms with Gasteiger partial charge in [-0.15, -0.1) is 0 Å². The van der Waals surface area contributed by atoms with Crippen LogP contribution in [0.1, 0.15) is 17.3 Å². The van der Waals surface area contributed by atoms with Crippen LogP contribution in [0.2, 0.25) is 10.0 Å². The van der Waals surface area contributed by atoms with Crippen LogP contribution < -0.4 is 11.1 Å². The van der Waals surface area contributed by atoms with E-state index in [9.17, 15) is 9.59 Å². The average Bonchev–Trinajstić information content (AvgIpc) is 2.38. The van der Waals surface area contributed by atoms with Crippen molar-refractivity contribution in [2.24, 2.45) is 0 Å². The molecule has 1 unspecified atom stereocenters. The summed E-state index contributed by atoms with van der Waals surface area (Å²) in [5.41, 5.74) is 6.19. The smallest absolute Gasteiger partial charge is 0.254 e. The maximum atomic E-state index is 12.4. The lowest BCUT2D eigenvalue weighted by Gasteiger charge is -2.33. The number of nitrogens with one attached hydrogen (secondary N) is 1. The maximum absolute atomic E-state index is 12.4. The van der Waals surface area contributed by atoms with E-state index in [0.29, 0.717) is 18.7 Å². The number of benzene rings is 1. The highest BCUT2D eigenvalue weighted by atomic mass is 35.5. The van der Waals surface area contributed by atoms with Crippen molar-refractivity contribution in [3.8, 4) is 0 Å². The molecule has 1 aromatic carbocycles. The number of nitrogens with zero attached hydrogens (tertiary/aromatic N) is 1. The minimum absolute atomic E-state index is 0.174. The van der Waals surface area contributed by atoms with Crippen molar-refractivity contribution >= 4 is 40.7 Å². The van der Waals surface area contributed by atoms with Gasteiger partial charge in [0.15, 0.2) is 0 Å². The van der Waals surface area contributed by atoms with Crippen LogP contribution in [0.25, 0.3) is 0 Å². The Kier molecular flexibility index (Phi) is 3.87. The first-order valence-corrected chi connectivity index (χ1v) is 6.50. The zero-order chi connectivity index (χ0) is 14.2. The van der Waals surface area contributed by atoms with Gasteiger partial charge in [0.2, 0.25) is 5.91 Å². The van der Waals surface area contributed by atoms with Crippen molar-refractivity contribution in [3.05, 3.63) is 27.7 Å². The number of halogens is 2. The molecule has 1 aliphatic heterocycles. The van der Waals surface area contributed by atoms with E-state index < -0.39 is 6.04 Å². The number of nitrogens with two attached hydrogens (primary N) is 1. The van der Waals surface area contributed by atoms with Crippen LogP contribution in [0.5, 0.6) is 0 Å². The highest BCUT2D eigenvalue weighted by Gasteiger charge is 2.30. The van der Waals surface area contributed by atoms with Crippen LogP contribution >= 0.6 is 23.2 Å². The van der Waals surface area contributed by atoms with E-state index in [2.05, 4.69) is 5.32 Å². The number of amides is 2. The first-order chi connectivity index (χ1) is 8.91. The Morgan fingerprint density at radius 1 is 1.42 bits per heavy atom. The van der Waals surface area contributed by atoms with Crippen molar-refractivity contribution < 1.29 is 9.59 Å². The number of nitrogen functional groups attached to an aromatic ring is 1. The van der Waals surface area contributed by atoms with E-state index in [1.165, 1.54) is 17.0 Å². The van der Waals surface area contributed by atoms with Gasteiger partial charge in [0, 0.05) is 18.7 Å². The molecule has 1 atom stereocenters. The molecule has 0 aliphatic carbocycles. The third-order valence-corrected chi connectivity index (χ3v) is 3.71. The highest BCUT2D eigenvalue weighted by molar-refractivity contribution is 6.39. The zero-order valence-corrected chi connectivity index (χ0v) is 11.8. The summed E-state index contributed by atoms with van der Waals surface area (Å²) >= 11 is 11.8. The Balaban J connectivity index is 2.31. The fourth-order valence-electron chi connectivity index (χ4n) is 1.93. The van der Waals surface area contributed by atoms with Gasteiger partial charge >= 0.3 is 0 Å². The van der Waals surface area contributed by atoms with Gasteiger partial charge in [0.1, 0.15) is 6.04 Å². The quantitative estimate of drug-likeness (QED) is 0.773. The molecule has 1 aromatic rings. The largest absolute Gasteiger partial charge is 0.396 e. The summed E-state index contributed by atoms with van der Waals surface area (Å²) in [4.78, 5) is 25.4. The van der Waals surface area contributed by atoms with E-state index in [1.807, 2.05) is 0 Å². The molecule has 0 saturated carbocycles. The van der Waals surface area contributed by atoms with Crippen LogP contribution in [0.4, 0.5) is 5.69 Å².